The second kappa shape index (κ2) is 8.09. The summed E-state index contributed by atoms with van der Waals surface area (Å²) in [6.07, 6.45) is 4.97. The van der Waals surface area contributed by atoms with Crippen molar-refractivity contribution in [1.82, 2.24) is 24.9 Å². The van der Waals surface area contributed by atoms with E-state index < -0.39 is 11.4 Å². The third kappa shape index (κ3) is 4.02. The smallest absolute Gasteiger partial charge is 0.165 e. The summed E-state index contributed by atoms with van der Waals surface area (Å²) in [5, 5.41) is 30.8. The van der Waals surface area contributed by atoms with E-state index >= 15 is 0 Å². The van der Waals surface area contributed by atoms with Gasteiger partial charge < -0.3 is 20.5 Å². The Labute approximate surface area is 178 Å². The van der Waals surface area contributed by atoms with Crippen LogP contribution >= 0.6 is 0 Å². The number of hydrogen-bond donors (Lipinski definition) is 3. The highest BCUT2D eigenvalue weighted by Crippen LogP contribution is 2.33. The standard InChI is InChI=1S/C21H24FN7O2/c1-21(2,30)18-16(31-3)11-29-20(28-18)14(10-25-29)17-15(22)7-12(8-23)19(27-17)26-13-5-4-6-24-9-13/h7,10-11,13,24,30H,4-6,9H2,1-3H3,(H,26,27)/t13-/m1/s1. The summed E-state index contributed by atoms with van der Waals surface area (Å²) in [5.74, 6) is 0.0273. The number of anilines is 1. The van der Waals surface area contributed by atoms with Crippen LogP contribution in [0.5, 0.6) is 5.75 Å². The lowest BCUT2D eigenvalue weighted by Gasteiger charge is -2.25. The highest BCUT2D eigenvalue weighted by atomic mass is 19.1. The molecule has 162 valence electrons. The van der Waals surface area contributed by atoms with Gasteiger partial charge in [-0.05, 0) is 39.3 Å². The van der Waals surface area contributed by atoms with Crippen LogP contribution in [0.1, 0.15) is 37.9 Å². The number of fused-ring (bicyclic) bond motifs is 1. The number of pyridine rings is 1. The molecular weight excluding hydrogens is 401 g/mol. The van der Waals surface area contributed by atoms with E-state index in [1.165, 1.54) is 23.9 Å². The Hall–Kier alpha value is -3.29. The summed E-state index contributed by atoms with van der Waals surface area (Å²) in [6, 6.07) is 3.28. The molecule has 0 radical (unpaired) electrons. The maximum atomic E-state index is 15.0. The van der Waals surface area contributed by atoms with E-state index in [1.54, 1.807) is 20.0 Å². The van der Waals surface area contributed by atoms with Gasteiger partial charge in [0, 0.05) is 12.6 Å². The number of rotatable bonds is 5. The van der Waals surface area contributed by atoms with Crippen molar-refractivity contribution in [3.05, 3.63) is 35.5 Å². The van der Waals surface area contributed by atoms with Crippen molar-refractivity contribution >= 4 is 11.5 Å². The highest BCUT2D eigenvalue weighted by Gasteiger charge is 2.26. The summed E-state index contributed by atoms with van der Waals surface area (Å²) >= 11 is 0. The molecule has 0 aromatic carbocycles. The maximum Gasteiger partial charge on any atom is 0.165 e. The van der Waals surface area contributed by atoms with Crippen molar-refractivity contribution in [3.8, 4) is 23.1 Å². The van der Waals surface area contributed by atoms with E-state index in [1.807, 2.05) is 6.07 Å². The third-order valence-corrected chi connectivity index (χ3v) is 5.25. The number of aromatic nitrogens is 4. The average molecular weight is 425 g/mol. The number of ether oxygens (including phenoxy) is 1. The molecule has 4 heterocycles. The Morgan fingerprint density at radius 3 is 2.87 bits per heavy atom. The van der Waals surface area contributed by atoms with Gasteiger partial charge in [0.25, 0.3) is 0 Å². The van der Waals surface area contributed by atoms with Crippen molar-refractivity contribution in [3.63, 3.8) is 0 Å². The number of nitriles is 1. The number of aliphatic hydroxyl groups is 1. The zero-order valence-electron chi connectivity index (χ0n) is 17.6. The van der Waals surface area contributed by atoms with Crippen LogP contribution in [0.15, 0.2) is 18.5 Å². The molecule has 10 heteroatoms. The fourth-order valence-electron chi connectivity index (χ4n) is 3.69. The van der Waals surface area contributed by atoms with Crippen molar-refractivity contribution in [2.75, 3.05) is 25.5 Å². The monoisotopic (exact) mass is 425 g/mol. The van der Waals surface area contributed by atoms with Crippen LogP contribution in [0.4, 0.5) is 10.2 Å². The summed E-state index contributed by atoms with van der Waals surface area (Å²) < 4.78 is 21.7. The predicted octanol–water partition coefficient (Wildman–Crippen LogP) is 2.20. The van der Waals surface area contributed by atoms with Gasteiger partial charge >= 0.3 is 0 Å². The first kappa shape index (κ1) is 21.0. The number of halogens is 1. The highest BCUT2D eigenvalue weighted by molar-refractivity contribution is 5.77. The number of hydrogen-bond acceptors (Lipinski definition) is 8. The quantitative estimate of drug-likeness (QED) is 0.569. The minimum absolute atomic E-state index is 0.0274. The molecule has 0 amide bonds. The molecule has 0 spiro atoms. The molecule has 1 atom stereocenters. The van der Waals surface area contributed by atoms with Crippen LogP contribution in [0.25, 0.3) is 16.9 Å². The molecule has 3 N–H and O–H groups in total. The van der Waals surface area contributed by atoms with Crippen LogP contribution in [-0.4, -0.2) is 50.9 Å². The summed E-state index contributed by atoms with van der Waals surface area (Å²) in [4.78, 5) is 8.95. The number of nitrogens with one attached hydrogen (secondary N) is 2. The summed E-state index contributed by atoms with van der Waals surface area (Å²) in [5.41, 5.74) is -0.162. The van der Waals surface area contributed by atoms with E-state index in [0.29, 0.717) is 28.5 Å². The Bertz CT molecular complexity index is 1160. The molecule has 0 unspecified atom stereocenters. The lowest BCUT2D eigenvalue weighted by atomic mass is 10.0. The molecule has 4 rings (SSSR count). The van der Waals surface area contributed by atoms with Crippen LogP contribution in [-0.2, 0) is 5.60 Å². The van der Waals surface area contributed by atoms with Crippen LogP contribution in [0, 0.1) is 17.1 Å². The summed E-state index contributed by atoms with van der Waals surface area (Å²) in [6.45, 7) is 4.87. The van der Waals surface area contributed by atoms with E-state index in [0.717, 1.165) is 25.9 Å². The van der Waals surface area contributed by atoms with Gasteiger partial charge in [-0.25, -0.2) is 18.9 Å². The lowest BCUT2D eigenvalue weighted by molar-refractivity contribution is 0.0707. The second-order valence-corrected chi connectivity index (χ2v) is 8.06. The van der Waals surface area contributed by atoms with E-state index in [9.17, 15) is 14.8 Å². The van der Waals surface area contributed by atoms with Crippen molar-refractivity contribution in [2.45, 2.75) is 38.3 Å². The van der Waals surface area contributed by atoms with E-state index in [2.05, 4.69) is 25.7 Å². The third-order valence-electron chi connectivity index (χ3n) is 5.25. The molecule has 9 nitrogen and oxygen atoms in total. The van der Waals surface area contributed by atoms with Gasteiger partial charge in [-0.1, -0.05) is 0 Å². The molecule has 1 saturated heterocycles. The van der Waals surface area contributed by atoms with Crippen molar-refractivity contribution in [1.29, 1.82) is 5.26 Å². The maximum absolute atomic E-state index is 15.0. The Kier molecular flexibility index (Phi) is 5.47. The number of nitrogens with zero attached hydrogens (tertiary/aromatic N) is 5. The van der Waals surface area contributed by atoms with Gasteiger partial charge in [0.05, 0.1) is 30.6 Å². The number of methoxy groups -OCH3 is 1. The lowest BCUT2D eigenvalue weighted by Crippen LogP contribution is -2.38. The first-order valence-corrected chi connectivity index (χ1v) is 10.0. The molecule has 3 aromatic heterocycles. The normalized spacial score (nSPS) is 16.8. The number of piperidine rings is 1. The van der Waals surface area contributed by atoms with Gasteiger partial charge in [0.1, 0.15) is 28.9 Å². The van der Waals surface area contributed by atoms with Crippen LogP contribution < -0.4 is 15.4 Å². The zero-order valence-corrected chi connectivity index (χ0v) is 17.6. The molecular formula is C21H24FN7O2. The molecule has 0 aliphatic carbocycles. The first-order valence-electron chi connectivity index (χ1n) is 10.0. The van der Waals surface area contributed by atoms with E-state index in [4.69, 9.17) is 4.74 Å². The van der Waals surface area contributed by atoms with Gasteiger partial charge in [-0.15, -0.1) is 0 Å². The zero-order chi connectivity index (χ0) is 22.2. The van der Waals surface area contributed by atoms with Crippen molar-refractivity contribution in [2.24, 2.45) is 0 Å². The minimum Gasteiger partial charge on any atom is -0.493 e. The van der Waals surface area contributed by atoms with Crippen molar-refractivity contribution < 1.29 is 14.2 Å². The summed E-state index contributed by atoms with van der Waals surface area (Å²) in [7, 11) is 1.47. The molecule has 1 fully saturated rings. The van der Waals surface area contributed by atoms with Gasteiger partial charge in [0.2, 0.25) is 0 Å². The fraction of sp³-hybridized carbons (Fsp3) is 0.429. The largest absolute Gasteiger partial charge is 0.493 e. The predicted molar refractivity (Wildman–Crippen MR) is 112 cm³/mol. The molecule has 1 aliphatic rings. The molecule has 0 bridgehead atoms. The minimum atomic E-state index is -1.29. The average Bonchev–Trinajstić information content (AvgIpc) is 3.16. The molecule has 31 heavy (non-hydrogen) atoms. The fourth-order valence-corrected chi connectivity index (χ4v) is 3.69. The van der Waals surface area contributed by atoms with Crippen LogP contribution in [0.3, 0.4) is 0 Å². The SMILES string of the molecule is COc1cn2ncc(-c3nc(N[C@@H]4CCCNC4)c(C#N)cc3F)c2nc1C(C)(C)O. The first-order chi connectivity index (χ1) is 14.8. The topological polar surface area (TPSA) is 120 Å². The van der Waals surface area contributed by atoms with Gasteiger partial charge in [-0.3, -0.25) is 0 Å². The molecule has 0 saturated carbocycles. The van der Waals surface area contributed by atoms with Crippen LogP contribution in [0.2, 0.25) is 0 Å². The van der Waals surface area contributed by atoms with Gasteiger partial charge in [-0.2, -0.15) is 10.4 Å². The molecule has 1 aliphatic heterocycles. The Morgan fingerprint density at radius 1 is 1.42 bits per heavy atom. The second-order valence-electron chi connectivity index (χ2n) is 8.06. The van der Waals surface area contributed by atoms with Gasteiger partial charge in [0.15, 0.2) is 17.2 Å². The Balaban J connectivity index is 1.83. The molecule has 3 aromatic rings. The van der Waals surface area contributed by atoms with E-state index in [-0.39, 0.29) is 17.3 Å². The Morgan fingerprint density at radius 2 is 2.23 bits per heavy atom.